The van der Waals surface area contributed by atoms with Crippen LogP contribution in [0.1, 0.15) is 51.3 Å². The zero-order chi connectivity index (χ0) is 25.8. The van der Waals surface area contributed by atoms with E-state index < -0.39 is 0 Å². The summed E-state index contributed by atoms with van der Waals surface area (Å²) in [5.74, 6) is 8.11. The molecule has 2 aliphatic rings. The fourth-order valence-electron chi connectivity index (χ4n) is 5.40. The Morgan fingerprint density at radius 2 is 1.84 bits per heavy atom. The maximum absolute atomic E-state index is 13.0. The lowest BCUT2D eigenvalue weighted by Crippen LogP contribution is -2.44. The van der Waals surface area contributed by atoms with E-state index in [1.807, 2.05) is 46.9 Å². The second-order valence-electron chi connectivity index (χ2n) is 9.80. The first kappa shape index (κ1) is 24.8. The van der Waals surface area contributed by atoms with Crippen molar-refractivity contribution in [2.24, 2.45) is 17.8 Å². The number of benzene rings is 1. The van der Waals surface area contributed by atoms with E-state index in [1.54, 1.807) is 12.3 Å². The van der Waals surface area contributed by atoms with E-state index in [-0.39, 0.29) is 35.4 Å². The number of carbonyl (C=O) groups is 2. The Balaban J connectivity index is 1.16. The number of hydrogen-bond acceptors (Lipinski definition) is 6. The maximum atomic E-state index is 13.0. The second-order valence-corrected chi connectivity index (χ2v) is 9.80. The number of carbonyl (C=O) groups excluding carboxylic acids is 2. The van der Waals surface area contributed by atoms with Gasteiger partial charge in [-0.3, -0.25) is 9.59 Å². The molecule has 5 rings (SSSR count). The van der Waals surface area contributed by atoms with E-state index in [0.29, 0.717) is 44.2 Å². The number of nitrogens with zero attached hydrogens (tertiary/aromatic N) is 4. The molecule has 8 nitrogen and oxygen atoms in total. The average molecular weight is 501 g/mol. The van der Waals surface area contributed by atoms with Crippen molar-refractivity contribution in [3.8, 4) is 23.4 Å². The van der Waals surface area contributed by atoms with Gasteiger partial charge >= 0.3 is 5.97 Å². The van der Waals surface area contributed by atoms with Gasteiger partial charge in [-0.25, -0.2) is 9.97 Å². The van der Waals surface area contributed by atoms with E-state index in [4.69, 9.17) is 4.74 Å². The van der Waals surface area contributed by atoms with E-state index in [1.165, 1.54) is 0 Å². The van der Waals surface area contributed by atoms with Crippen molar-refractivity contribution in [3.05, 3.63) is 48.5 Å². The summed E-state index contributed by atoms with van der Waals surface area (Å²) in [5, 5.41) is 10.8. The van der Waals surface area contributed by atoms with Gasteiger partial charge in [0.25, 0.3) is 0 Å². The monoisotopic (exact) mass is 500 g/mol. The van der Waals surface area contributed by atoms with Gasteiger partial charge in [0.1, 0.15) is 11.6 Å². The minimum Gasteiger partial charge on any atom is -0.507 e. The SMILES string of the molecule is CCOC(=O)C1CCN(C(=O)C2CCC(C#Cc3nccc(-n4ccc5c(O)cccc54)n3)CC2)CC1. The highest BCUT2D eigenvalue weighted by molar-refractivity contribution is 5.87. The molecule has 192 valence electrons. The summed E-state index contributed by atoms with van der Waals surface area (Å²) in [7, 11) is 0. The van der Waals surface area contributed by atoms with Gasteiger partial charge in [0.2, 0.25) is 11.7 Å². The molecule has 37 heavy (non-hydrogen) atoms. The molecule has 1 aliphatic heterocycles. The number of amides is 1. The van der Waals surface area contributed by atoms with Gasteiger partial charge in [-0.15, -0.1) is 0 Å². The van der Waals surface area contributed by atoms with Crippen molar-refractivity contribution in [2.75, 3.05) is 19.7 Å². The molecule has 0 radical (unpaired) electrons. The number of hydrogen-bond donors (Lipinski definition) is 1. The van der Waals surface area contributed by atoms with Crippen LogP contribution >= 0.6 is 0 Å². The van der Waals surface area contributed by atoms with Crippen LogP contribution in [0.4, 0.5) is 0 Å². The van der Waals surface area contributed by atoms with Crippen molar-refractivity contribution in [1.82, 2.24) is 19.4 Å². The minimum absolute atomic E-state index is 0.0372. The molecular weight excluding hydrogens is 468 g/mol. The number of esters is 1. The van der Waals surface area contributed by atoms with E-state index in [9.17, 15) is 14.7 Å². The van der Waals surface area contributed by atoms with Crippen LogP contribution < -0.4 is 0 Å². The number of fused-ring (bicyclic) bond motifs is 1. The summed E-state index contributed by atoms with van der Waals surface area (Å²) in [5.41, 5.74) is 0.866. The molecule has 8 heteroatoms. The van der Waals surface area contributed by atoms with Crippen LogP contribution in [0, 0.1) is 29.6 Å². The molecule has 1 saturated carbocycles. The Kier molecular flexibility index (Phi) is 7.40. The Morgan fingerprint density at radius 3 is 2.59 bits per heavy atom. The first-order chi connectivity index (χ1) is 18.0. The molecule has 1 amide bonds. The topological polar surface area (TPSA) is 97.6 Å². The summed E-state index contributed by atoms with van der Waals surface area (Å²) in [6.07, 6.45) is 8.36. The highest BCUT2D eigenvalue weighted by Gasteiger charge is 2.33. The second kappa shape index (κ2) is 11.0. The van der Waals surface area contributed by atoms with E-state index in [2.05, 4.69) is 21.8 Å². The predicted molar refractivity (Wildman–Crippen MR) is 139 cm³/mol. The lowest BCUT2D eigenvalue weighted by Gasteiger charge is -2.35. The quantitative estimate of drug-likeness (QED) is 0.428. The Hall–Kier alpha value is -3.86. The van der Waals surface area contributed by atoms with Crippen molar-refractivity contribution >= 4 is 22.8 Å². The smallest absolute Gasteiger partial charge is 0.309 e. The number of rotatable bonds is 4. The molecule has 1 N–H and O–H groups in total. The first-order valence-electron chi connectivity index (χ1n) is 13.1. The number of phenolic OH excluding ortho intramolecular Hbond substituents is 1. The van der Waals surface area contributed by atoms with Gasteiger partial charge in [-0.2, -0.15) is 0 Å². The molecule has 0 bridgehead atoms. The van der Waals surface area contributed by atoms with Crippen LogP contribution in [-0.2, 0) is 14.3 Å². The zero-order valence-electron chi connectivity index (χ0n) is 21.1. The maximum Gasteiger partial charge on any atom is 0.309 e. The molecular formula is C29H32N4O4. The number of piperidine rings is 1. The number of aromatic hydroxyl groups is 1. The number of ether oxygens (including phenoxy) is 1. The average Bonchev–Trinajstić information content (AvgIpc) is 3.38. The van der Waals surface area contributed by atoms with Crippen LogP contribution in [0.15, 0.2) is 42.7 Å². The molecule has 0 spiro atoms. The minimum atomic E-state index is -0.135. The molecule has 0 unspecified atom stereocenters. The lowest BCUT2D eigenvalue weighted by atomic mass is 9.81. The van der Waals surface area contributed by atoms with Crippen LogP contribution in [0.2, 0.25) is 0 Å². The first-order valence-corrected chi connectivity index (χ1v) is 13.1. The van der Waals surface area contributed by atoms with Gasteiger partial charge in [-0.1, -0.05) is 12.0 Å². The fraction of sp³-hybridized carbons (Fsp3) is 0.448. The molecule has 0 atom stereocenters. The summed E-state index contributed by atoms with van der Waals surface area (Å²) in [4.78, 5) is 35.9. The highest BCUT2D eigenvalue weighted by atomic mass is 16.5. The zero-order valence-corrected chi connectivity index (χ0v) is 21.1. The van der Waals surface area contributed by atoms with Gasteiger partial charge in [-0.05, 0) is 75.6 Å². The third-order valence-corrected chi connectivity index (χ3v) is 7.49. The molecule has 1 aliphatic carbocycles. The molecule has 1 aromatic carbocycles. The van der Waals surface area contributed by atoms with Crippen molar-refractivity contribution in [3.63, 3.8) is 0 Å². The van der Waals surface area contributed by atoms with E-state index >= 15 is 0 Å². The van der Waals surface area contributed by atoms with E-state index in [0.717, 1.165) is 36.6 Å². The third kappa shape index (κ3) is 5.46. The Labute approximate surface area is 216 Å². The molecule has 3 heterocycles. The highest BCUT2D eigenvalue weighted by Crippen LogP contribution is 2.31. The Bertz CT molecular complexity index is 1340. The molecule has 3 aromatic rings. The standard InChI is InChI=1S/C29H32N4O4/c1-2-37-29(36)22-13-17-32(18-14-22)28(35)21-9-6-20(7-10-21)8-11-26-30-16-12-27(31-26)33-19-15-23-24(33)4-3-5-25(23)34/h3-5,12,15-16,19-22,34H,2,6-7,9-10,13-14,17-18H2,1H3. The number of aromatic nitrogens is 3. The van der Waals surface area contributed by atoms with Gasteiger partial charge in [0.15, 0.2) is 0 Å². The van der Waals surface area contributed by atoms with Gasteiger partial charge < -0.3 is 19.3 Å². The largest absolute Gasteiger partial charge is 0.507 e. The van der Waals surface area contributed by atoms with Crippen molar-refractivity contribution in [2.45, 2.75) is 45.4 Å². The van der Waals surface area contributed by atoms with Crippen molar-refractivity contribution < 1.29 is 19.4 Å². The summed E-state index contributed by atoms with van der Waals surface area (Å²) >= 11 is 0. The molecule has 2 fully saturated rings. The predicted octanol–water partition coefficient (Wildman–Crippen LogP) is 4.09. The summed E-state index contributed by atoms with van der Waals surface area (Å²) < 4.78 is 7.04. The Morgan fingerprint density at radius 1 is 1.05 bits per heavy atom. The summed E-state index contributed by atoms with van der Waals surface area (Å²) in [6.45, 7) is 3.48. The summed E-state index contributed by atoms with van der Waals surface area (Å²) in [6, 6.07) is 9.09. The fourth-order valence-corrected chi connectivity index (χ4v) is 5.40. The van der Waals surface area contributed by atoms with Crippen LogP contribution in [0.5, 0.6) is 5.75 Å². The lowest BCUT2D eigenvalue weighted by molar-refractivity contribution is -0.152. The third-order valence-electron chi connectivity index (χ3n) is 7.49. The van der Waals surface area contributed by atoms with Gasteiger partial charge in [0.05, 0.1) is 18.0 Å². The van der Waals surface area contributed by atoms with Gasteiger partial charge in [0, 0.05) is 42.7 Å². The van der Waals surface area contributed by atoms with Crippen molar-refractivity contribution in [1.29, 1.82) is 0 Å². The number of phenols is 1. The normalized spacial score (nSPS) is 20.3. The van der Waals surface area contributed by atoms with Crippen LogP contribution in [-0.4, -0.2) is 56.1 Å². The molecule has 1 saturated heterocycles. The molecule has 2 aromatic heterocycles. The van der Waals surface area contributed by atoms with Crippen LogP contribution in [0.3, 0.4) is 0 Å². The van der Waals surface area contributed by atoms with Crippen LogP contribution in [0.25, 0.3) is 16.7 Å². The number of likely N-dealkylation sites (tertiary alicyclic amines) is 1.